The molecule has 2 amide bonds. The topological polar surface area (TPSA) is 70.2 Å². The van der Waals surface area contributed by atoms with Gasteiger partial charge in [-0.05, 0) is 33.2 Å². The summed E-state index contributed by atoms with van der Waals surface area (Å²) in [4.78, 5) is 23.2. The molecule has 1 rings (SSSR count). The number of rotatable bonds is 4. The number of hydrogen-bond donors (Lipinski definition) is 3. The second-order valence-corrected chi connectivity index (χ2v) is 4.83. The lowest BCUT2D eigenvalue weighted by atomic mass is 9.92. The molecule has 0 saturated carbocycles. The van der Waals surface area contributed by atoms with Gasteiger partial charge in [0.25, 0.3) is 0 Å². The maximum Gasteiger partial charge on any atom is 0.237 e. The summed E-state index contributed by atoms with van der Waals surface area (Å²) in [5.41, 5.74) is -0.566. The zero-order valence-corrected chi connectivity index (χ0v) is 10.2. The minimum atomic E-state index is -0.566. The highest BCUT2D eigenvalue weighted by atomic mass is 16.2. The summed E-state index contributed by atoms with van der Waals surface area (Å²) in [5.74, 6) is -0.0679. The van der Waals surface area contributed by atoms with Crippen LogP contribution in [0.5, 0.6) is 0 Å². The first kappa shape index (κ1) is 13.0. The molecular weight excluding hydrogens is 206 g/mol. The number of amides is 2. The van der Waals surface area contributed by atoms with Crippen LogP contribution in [0.25, 0.3) is 0 Å². The largest absolute Gasteiger partial charge is 0.359 e. The summed E-state index contributed by atoms with van der Waals surface area (Å²) in [6, 6.07) is -0.0829. The van der Waals surface area contributed by atoms with Gasteiger partial charge in [-0.2, -0.15) is 0 Å². The highest BCUT2D eigenvalue weighted by Gasteiger charge is 2.29. The van der Waals surface area contributed by atoms with E-state index in [0.717, 1.165) is 19.4 Å². The van der Waals surface area contributed by atoms with Crippen molar-refractivity contribution in [3.8, 4) is 0 Å². The van der Waals surface area contributed by atoms with E-state index >= 15 is 0 Å². The highest BCUT2D eigenvalue weighted by Crippen LogP contribution is 2.13. The quantitative estimate of drug-likeness (QED) is 0.613. The molecule has 1 fully saturated rings. The normalized spacial score (nSPS) is 20.6. The van der Waals surface area contributed by atoms with Gasteiger partial charge in [0, 0.05) is 13.6 Å². The Hall–Kier alpha value is -1.10. The van der Waals surface area contributed by atoms with Crippen molar-refractivity contribution < 1.29 is 9.59 Å². The Labute approximate surface area is 96.4 Å². The molecule has 3 N–H and O–H groups in total. The minimum absolute atomic E-state index is 0.00511. The average Bonchev–Trinajstić information content (AvgIpc) is 2.78. The van der Waals surface area contributed by atoms with E-state index < -0.39 is 5.41 Å². The monoisotopic (exact) mass is 227 g/mol. The fourth-order valence-electron chi connectivity index (χ4n) is 1.76. The predicted molar refractivity (Wildman–Crippen MR) is 61.9 cm³/mol. The Bertz CT molecular complexity index is 270. The van der Waals surface area contributed by atoms with Gasteiger partial charge in [0.15, 0.2) is 0 Å². The van der Waals surface area contributed by atoms with Crippen molar-refractivity contribution in [2.75, 3.05) is 20.1 Å². The van der Waals surface area contributed by atoms with Crippen LogP contribution < -0.4 is 16.0 Å². The van der Waals surface area contributed by atoms with Gasteiger partial charge >= 0.3 is 0 Å². The second kappa shape index (κ2) is 5.30. The first-order chi connectivity index (χ1) is 7.47. The van der Waals surface area contributed by atoms with Gasteiger partial charge in [-0.3, -0.25) is 9.59 Å². The molecule has 1 atom stereocenters. The SMILES string of the molecule is CNC(=O)C(C)(C)CNC(=O)[C@H]1CCCN1. The molecule has 0 aromatic rings. The van der Waals surface area contributed by atoms with Crippen molar-refractivity contribution in [1.82, 2.24) is 16.0 Å². The van der Waals surface area contributed by atoms with Gasteiger partial charge < -0.3 is 16.0 Å². The third-order valence-corrected chi connectivity index (χ3v) is 2.92. The lowest BCUT2D eigenvalue weighted by Crippen LogP contribution is -2.48. The molecule has 0 aromatic heterocycles. The summed E-state index contributed by atoms with van der Waals surface area (Å²) in [5, 5.41) is 8.53. The molecule has 0 bridgehead atoms. The van der Waals surface area contributed by atoms with E-state index in [1.165, 1.54) is 0 Å². The molecule has 1 heterocycles. The molecule has 16 heavy (non-hydrogen) atoms. The third kappa shape index (κ3) is 3.20. The fraction of sp³-hybridized carbons (Fsp3) is 0.818. The Kier molecular flexibility index (Phi) is 4.29. The molecule has 1 aliphatic heterocycles. The number of hydrogen-bond acceptors (Lipinski definition) is 3. The lowest BCUT2D eigenvalue weighted by Gasteiger charge is -2.23. The zero-order chi connectivity index (χ0) is 12.2. The van der Waals surface area contributed by atoms with Gasteiger partial charge in [0.2, 0.25) is 11.8 Å². The first-order valence-electron chi connectivity index (χ1n) is 5.70. The summed E-state index contributed by atoms with van der Waals surface area (Å²) < 4.78 is 0. The van der Waals surface area contributed by atoms with Crippen LogP contribution in [0.3, 0.4) is 0 Å². The molecule has 0 radical (unpaired) electrons. The van der Waals surface area contributed by atoms with E-state index in [9.17, 15) is 9.59 Å². The van der Waals surface area contributed by atoms with Crippen LogP contribution >= 0.6 is 0 Å². The van der Waals surface area contributed by atoms with Crippen molar-refractivity contribution in [3.63, 3.8) is 0 Å². The number of carbonyl (C=O) groups is 2. The van der Waals surface area contributed by atoms with Crippen LogP contribution in [0.2, 0.25) is 0 Å². The van der Waals surface area contributed by atoms with E-state index in [-0.39, 0.29) is 17.9 Å². The highest BCUT2D eigenvalue weighted by molar-refractivity contribution is 5.85. The van der Waals surface area contributed by atoms with E-state index in [2.05, 4.69) is 16.0 Å². The smallest absolute Gasteiger partial charge is 0.237 e. The van der Waals surface area contributed by atoms with Crippen LogP contribution in [-0.4, -0.2) is 38.0 Å². The molecule has 92 valence electrons. The van der Waals surface area contributed by atoms with Gasteiger partial charge in [-0.25, -0.2) is 0 Å². The Morgan fingerprint density at radius 1 is 1.44 bits per heavy atom. The van der Waals surface area contributed by atoms with Crippen molar-refractivity contribution >= 4 is 11.8 Å². The maximum atomic E-state index is 11.7. The summed E-state index contributed by atoms with van der Waals surface area (Å²) in [6.07, 6.45) is 1.92. The summed E-state index contributed by atoms with van der Waals surface area (Å²) in [7, 11) is 1.60. The number of nitrogens with one attached hydrogen (secondary N) is 3. The van der Waals surface area contributed by atoms with Gasteiger partial charge in [-0.15, -0.1) is 0 Å². The van der Waals surface area contributed by atoms with Gasteiger partial charge in [0.1, 0.15) is 0 Å². The second-order valence-electron chi connectivity index (χ2n) is 4.83. The van der Waals surface area contributed by atoms with Crippen LogP contribution in [0.15, 0.2) is 0 Å². The molecule has 5 heteroatoms. The standard InChI is InChI=1S/C11H21N3O2/c1-11(2,10(16)12-3)7-14-9(15)8-5-4-6-13-8/h8,13H,4-7H2,1-3H3,(H,12,16)(H,14,15)/t8-/m1/s1. The van der Waals surface area contributed by atoms with Gasteiger partial charge in [0.05, 0.1) is 11.5 Å². The molecule has 0 spiro atoms. The number of carbonyl (C=O) groups excluding carboxylic acids is 2. The van der Waals surface area contributed by atoms with Crippen molar-refractivity contribution in [2.45, 2.75) is 32.7 Å². The predicted octanol–water partition coefficient (Wildman–Crippen LogP) is -0.373. The summed E-state index contributed by atoms with van der Waals surface area (Å²) in [6.45, 7) is 4.89. The Morgan fingerprint density at radius 3 is 2.62 bits per heavy atom. The third-order valence-electron chi connectivity index (χ3n) is 2.92. The molecular formula is C11H21N3O2. The minimum Gasteiger partial charge on any atom is -0.359 e. The van der Waals surface area contributed by atoms with Gasteiger partial charge in [-0.1, -0.05) is 0 Å². The van der Waals surface area contributed by atoms with Crippen molar-refractivity contribution in [3.05, 3.63) is 0 Å². The average molecular weight is 227 g/mol. The first-order valence-corrected chi connectivity index (χ1v) is 5.70. The fourth-order valence-corrected chi connectivity index (χ4v) is 1.76. The van der Waals surface area contributed by atoms with Crippen molar-refractivity contribution in [1.29, 1.82) is 0 Å². The van der Waals surface area contributed by atoms with E-state index in [0.29, 0.717) is 6.54 Å². The Morgan fingerprint density at radius 2 is 2.12 bits per heavy atom. The summed E-state index contributed by atoms with van der Waals surface area (Å²) >= 11 is 0. The van der Waals surface area contributed by atoms with Crippen LogP contribution in [0, 0.1) is 5.41 Å². The van der Waals surface area contributed by atoms with Crippen LogP contribution in [0.1, 0.15) is 26.7 Å². The lowest BCUT2D eigenvalue weighted by molar-refractivity contribution is -0.129. The van der Waals surface area contributed by atoms with Crippen molar-refractivity contribution in [2.24, 2.45) is 5.41 Å². The van der Waals surface area contributed by atoms with E-state index in [1.807, 2.05) is 13.8 Å². The molecule has 5 nitrogen and oxygen atoms in total. The molecule has 0 aromatic carbocycles. The van der Waals surface area contributed by atoms with E-state index in [4.69, 9.17) is 0 Å². The van der Waals surface area contributed by atoms with Crippen LogP contribution in [0.4, 0.5) is 0 Å². The molecule has 0 unspecified atom stereocenters. The zero-order valence-electron chi connectivity index (χ0n) is 10.2. The Balaban J connectivity index is 2.38. The maximum absolute atomic E-state index is 11.7. The molecule has 1 aliphatic rings. The molecule has 1 saturated heterocycles. The van der Waals surface area contributed by atoms with Crippen LogP contribution in [-0.2, 0) is 9.59 Å². The molecule has 0 aliphatic carbocycles. The van der Waals surface area contributed by atoms with E-state index in [1.54, 1.807) is 7.05 Å².